The minimum atomic E-state index is -0.246. The zero-order valence-corrected chi connectivity index (χ0v) is 16.6. The fourth-order valence-electron chi connectivity index (χ4n) is 3.01. The summed E-state index contributed by atoms with van der Waals surface area (Å²) in [6.45, 7) is 2.57. The predicted molar refractivity (Wildman–Crippen MR) is 108 cm³/mol. The van der Waals surface area contributed by atoms with Crippen molar-refractivity contribution in [2.75, 3.05) is 13.7 Å². The molecule has 3 rings (SSSR count). The molecule has 0 radical (unpaired) electrons. The smallest absolute Gasteiger partial charge is 0.233 e. The van der Waals surface area contributed by atoms with E-state index in [1.54, 1.807) is 7.11 Å². The number of hydrogen-bond acceptors (Lipinski definition) is 5. The highest BCUT2D eigenvalue weighted by Crippen LogP contribution is 2.24. The molecule has 27 heavy (non-hydrogen) atoms. The molecule has 1 heterocycles. The molecular formula is C20H26N4O2S. The second kappa shape index (κ2) is 9.60. The molecule has 1 aliphatic carbocycles. The van der Waals surface area contributed by atoms with Crippen LogP contribution in [0.4, 0.5) is 0 Å². The monoisotopic (exact) mass is 386 g/mol. The van der Waals surface area contributed by atoms with Crippen LogP contribution in [0.5, 0.6) is 5.75 Å². The number of nitrogens with zero attached hydrogens (tertiary/aromatic N) is 2. The van der Waals surface area contributed by atoms with Crippen LogP contribution < -0.4 is 10.1 Å². The van der Waals surface area contributed by atoms with E-state index in [0.717, 1.165) is 17.7 Å². The second-order valence-corrected chi connectivity index (χ2v) is 7.91. The molecule has 2 N–H and O–H groups in total. The molecule has 1 aromatic carbocycles. The van der Waals surface area contributed by atoms with Crippen molar-refractivity contribution >= 4 is 17.7 Å². The Morgan fingerprint density at radius 3 is 2.85 bits per heavy atom. The molecule has 7 heteroatoms. The number of aromatic amines is 1. The van der Waals surface area contributed by atoms with E-state index in [0.29, 0.717) is 17.5 Å². The summed E-state index contributed by atoms with van der Waals surface area (Å²) in [5.41, 5.74) is 2.40. The summed E-state index contributed by atoms with van der Waals surface area (Å²) in [6.07, 6.45) is 8.18. The Kier molecular flexibility index (Phi) is 6.92. The maximum Gasteiger partial charge on any atom is 0.233 e. The largest absolute Gasteiger partial charge is 0.497 e. The number of rotatable bonds is 8. The van der Waals surface area contributed by atoms with Gasteiger partial charge in [-0.25, -0.2) is 4.98 Å². The van der Waals surface area contributed by atoms with Crippen molar-refractivity contribution in [1.82, 2.24) is 20.5 Å². The van der Waals surface area contributed by atoms with Crippen molar-refractivity contribution in [3.63, 3.8) is 0 Å². The van der Waals surface area contributed by atoms with Crippen LogP contribution in [0.1, 0.15) is 39.0 Å². The number of ether oxygens (including phenoxy) is 1. The Bertz CT molecular complexity index is 786. The molecule has 1 unspecified atom stereocenters. The third-order valence-corrected chi connectivity index (χ3v) is 5.57. The number of thioether (sulfide) groups is 1. The summed E-state index contributed by atoms with van der Waals surface area (Å²) in [5, 5.41) is 10.5. The van der Waals surface area contributed by atoms with Crippen molar-refractivity contribution in [1.29, 1.82) is 0 Å². The lowest BCUT2D eigenvalue weighted by Gasteiger charge is -2.14. The fraction of sp³-hybridized carbons (Fsp3) is 0.450. The van der Waals surface area contributed by atoms with Crippen molar-refractivity contribution in [2.45, 2.75) is 49.4 Å². The number of carbonyl (C=O) groups excluding carboxylic acids is 1. The van der Waals surface area contributed by atoms with Gasteiger partial charge in [0.2, 0.25) is 11.1 Å². The quantitative estimate of drug-likeness (QED) is 0.530. The SMILES string of the molecule is COc1ccc(-c2nc(SC(C)C(=O)NCCC3=CCCCC3)n[nH]2)cc1. The van der Waals surface area contributed by atoms with Crippen LogP contribution in [0.15, 0.2) is 41.1 Å². The molecule has 0 bridgehead atoms. The molecule has 1 atom stereocenters. The van der Waals surface area contributed by atoms with Gasteiger partial charge in [0.15, 0.2) is 5.82 Å². The number of nitrogens with one attached hydrogen (secondary N) is 2. The third kappa shape index (κ3) is 5.60. The fourth-order valence-corrected chi connectivity index (χ4v) is 3.76. The van der Waals surface area contributed by atoms with E-state index in [2.05, 4.69) is 26.6 Å². The summed E-state index contributed by atoms with van der Waals surface area (Å²) >= 11 is 1.36. The van der Waals surface area contributed by atoms with Crippen LogP contribution in [0, 0.1) is 0 Å². The van der Waals surface area contributed by atoms with Gasteiger partial charge in [0.05, 0.1) is 12.4 Å². The summed E-state index contributed by atoms with van der Waals surface area (Å²) in [7, 11) is 1.64. The minimum absolute atomic E-state index is 0.0206. The van der Waals surface area contributed by atoms with Gasteiger partial charge in [0.1, 0.15) is 5.75 Å². The number of allylic oxidation sites excluding steroid dienone is 1. The van der Waals surface area contributed by atoms with Gasteiger partial charge in [0.25, 0.3) is 0 Å². The first kappa shape index (κ1) is 19.5. The standard InChI is InChI=1S/C20H26N4O2S/c1-14(19(25)21-13-12-15-6-4-3-5-7-15)27-20-22-18(23-24-20)16-8-10-17(26-2)11-9-16/h6,8-11,14H,3-5,7,12-13H2,1-2H3,(H,21,25)(H,22,23,24). The molecule has 1 amide bonds. The van der Waals surface area contributed by atoms with Crippen LogP contribution in [-0.4, -0.2) is 40.0 Å². The molecule has 0 saturated carbocycles. The van der Waals surface area contributed by atoms with Gasteiger partial charge in [-0.3, -0.25) is 9.89 Å². The number of H-pyrrole nitrogens is 1. The minimum Gasteiger partial charge on any atom is -0.497 e. The van der Waals surface area contributed by atoms with Crippen molar-refractivity contribution in [2.24, 2.45) is 0 Å². The summed E-state index contributed by atoms with van der Waals surface area (Å²) in [6, 6.07) is 7.60. The maximum absolute atomic E-state index is 12.3. The Labute approximate surface area is 164 Å². The molecular weight excluding hydrogens is 360 g/mol. The van der Waals surface area contributed by atoms with E-state index in [9.17, 15) is 4.79 Å². The summed E-state index contributed by atoms with van der Waals surface area (Å²) < 4.78 is 5.16. The van der Waals surface area contributed by atoms with Gasteiger partial charge in [-0.05, 0) is 63.3 Å². The number of amides is 1. The first-order chi connectivity index (χ1) is 13.2. The molecule has 0 fully saturated rings. The van der Waals surface area contributed by atoms with Crippen LogP contribution >= 0.6 is 11.8 Å². The predicted octanol–water partition coefficient (Wildman–Crippen LogP) is 3.97. The molecule has 144 valence electrons. The highest BCUT2D eigenvalue weighted by atomic mass is 32.2. The van der Waals surface area contributed by atoms with E-state index in [1.807, 2.05) is 31.2 Å². The number of hydrogen-bond donors (Lipinski definition) is 2. The molecule has 0 spiro atoms. The zero-order chi connectivity index (χ0) is 19.1. The number of benzene rings is 1. The van der Waals surface area contributed by atoms with Crippen LogP contribution in [0.3, 0.4) is 0 Å². The van der Waals surface area contributed by atoms with E-state index in [-0.39, 0.29) is 11.2 Å². The van der Waals surface area contributed by atoms with Gasteiger partial charge >= 0.3 is 0 Å². The lowest BCUT2D eigenvalue weighted by atomic mass is 9.97. The highest BCUT2D eigenvalue weighted by molar-refractivity contribution is 8.00. The van der Waals surface area contributed by atoms with Crippen LogP contribution in [0.25, 0.3) is 11.4 Å². The first-order valence-corrected chi connectivity index (χ1v) is 10.2. The van der Waals surface area contributed by atoms with Gasteiger partial charge in [-0.15, -0.1) is 5.10 Å². The molecule has 1 aliphatic rings. The molecule has 6 nitrogen and oxygen atoms in total. The zero-order valence-electron chi connectivity index (χ0n) is 15.8. The maximum atomic E-state index is 12.3. The molecule has 0 saturated heterocycles. The summed E-state index contributed by atoms with van der Waals surface area (Å²) in [5.74, 6) is 1.49. The van der Waals surface area contributed by atoms with Crippen LogP contribution in [0.2, 0.25) is 0 Å². The van der Waals surface area contributed by atoms with Crippen molar-refractivity contribution < 1.29 is 9.53 Å². The van der Waals surface area contributed by atoms with E-state index in [1.165, 1.54) is 43.0 Å². The normalized spacial score (nSPS) is 15.1. The Hall–Kier alpha value is -2.28. The number of carbonyl (C=O) groups is 1. The molecule has 2 aromatic rings. The highest BCUT2D eigenvalue weighted by Gasteiger charge is 2.17. The average molecular weight is 387 g/mol. The Morgan fingerprint density at radius 1 is 1.33 bits per heavy atom. The molecule has 0 aliphatic heterocycles. The third-order valence-electron chi connectivity index (χ3n) is 4.61. The Morgan fingerprint density at radius 2 is 2.15 bits per heavy atom. The Balaban J connectivity index is 1.48. The first-order valence-electron chi connectivity index (χ1n) is 9.35. The van der Waals surface area contributed by atoms with Crippen molar-refractivity contribution in [3.05, 3.63) is 35.9 Å². The molecule has 1 aromatic heterocycles. The van der Waals surface area contributed by atoms with Gasteiger partial charge in [-0.2, -0.15) is 0 Å². The van der Waals surface area contributed by atoms with Gasteiger partial charge < -0.3 is 10.1 Å². The topological polar surface area (TPSA) is 79.9 Å². The van der Waals surface area contributed by atoms with Gasteiger partial charge in [-0.1, -0.05) is 23.4 Å². The average Bonchev–Trinajstić information content (AvgIpc) is 3.17. The lowest BCUT2D eigenvalue weighted by Crippen LogP contribution is -2.32. The number of methoxy groups -OCH3 is 1. The van der Waals surface area contributed by atoms with E-state index >= 15 is 0 Å². The lowest BCUT2D eigenvalue weighted by molar-refractivity contribution is -0.120. The number of aromatic nitrogens is 3. The van der Waals surface area contributed by atoms with Crippen molar-refractivity contribution in [3.8, 4) is 17.1 Å². The van der Waals surface area contributed by atoms with E-state index in [4.69, 9.17) is 4.74 Å². The van der Waals surface area contributed by atoms with E-state index < -0.39 is 0 Å². The second-order valence-electron chi connectivity index (χ2n) is 6.60. The van der Waals surface area contributed by atoms with Crippen LogP contribution in [-0.2, 0) is 4.79 Å². The summed E-state index contributed by atoms with van der Waals surface area (Å²) in [4.78, 5) is 16.8. The van der Waals surface area contributed by atoms with Gasteiger partial charge in [0, 0.05) is 12.1 Å².